The Bertz CT molecular complexity index is 1040. The Morgan fingerprint density at radius 2 is 1.87 bits per heavy atom. The number of aromatic nitrogens is 1. The number of rotatable bonds is 6. The van der Waals surface area contributed by atoms with Crippen LogP contribution in [-0.2, 0) is 11.2 Å². The summed E-state index contributed by atoms with van der Waals surface area (Å²) < 4.78 is 26.7. The normalized spacial score (nSPS) is 14.7. The van der Waals surface area contributed by atoms with E-state index in [0.29, 0.717) is 23.1 Å². The average molecular weight is 430 g/mol. The molecule has 0 atom stereocenters. The number of aryl methyl sites for hydroxylation is 1. The third-order valence-electron chi connectivity index (χ3n) is 5.35. The number of pyridine rings is 1. The molecule has 2 aromatic rings. The smallest absolute Gasteiger partial charge is 0.251 e. The van der Waals surface area contributed by atoms with E-state index in [9.17, 15) is 18.4 Å². The molecule has 31 heavy (non-hydrogen) atoms. The van der Waals surface area contributed by atoms with E-state index < -0.39 is 11.6 Å². The van der Waals surface area contributed by atoms with Crippen molar-refractivity contribution < 1.29 is 13.6 Å². The van der Waals surface area contributed by atoms with Crippen LogP contribution in [0, 0.1) is 18.6 Å². The molecule has 1 aromatic carbocycles. The molecule has 1 N–H and O–H groups in total. The van der Waals surface area contributed by atoms with Gasteiger partial charge in [0.05, 0.1) is 5.52 Å². The number of nitrogens with one attached hydrogen (secondary N) is 1. The third kappa shape index (κ3) is 5.98. The highest BCUT2D eigenvalue weighted by Gasteiger charge is 2.15. The Labute approximate surface area is 181 Å². The van der Waals surface area contributed by atoms with Gasteiger partial charge in [-0.25, -0.2) is 8.78 Å². The number of amides is 1. The number of allylic oxidation sites excluding steroid dienone is 2. The fraction of sp³-hybridized carbons (Fsp3) is 0.333. The Balaban J connectivity index is 0.000000221. The quantitative estimate of drug-likeness (QED) is 0.562. The summed E-state index contributed by atoms with van der Waals surface area (Å²) in [5.74, 6) is -1.80. The minimum Gasteiger partial charge on any atom is -0.343 e. The number of aromatic amines is 1. The van der Waals surface area contributed by atoms with E-state index in [1.807, 2.05) is 12.2 Å². The van der Waals surface area contributed by atoms with Crippen LogP contribution < -0.4 is 5.56 Å². The molecule has 3 rings (SSSR count). The maximum absolute atomic E-state index is 13.6. The molecule has 1 aromatic heterocycles. The largest absolute Gasteiger partial charge is 0.343 e. The van der Waals surface area contributed by atoms with Gasteiger partial charge in [-0.3, -0.25) is 14.5 Å². The molecule has 0 unspecified atom stereocenters. The van der Waals surface area contributed by atoms with Crippen LogP contribution in [0.15, 0.2) is 53.9 Å². The first kappa shape index (κ1) is 24.2. The Kier molecular flexibility index (Phi) is 8.88. The third-order valence-corrected chi connectivity index (χ3v) is 5.35. The minimum atomic E-state index is -0.902. The lowest BCUT2D eigenvalue weighted by atomic mass is 10.0. The van der Waals surface area contributed by atoms with Crippen LogP contribution in [0.5, 0.6) is 0 Å². The number of H-pyrrole nitrogens is 1. The molecule has 1 saturated heterocycles. The SMILES string of the molecule is C=C/C=C(\C=C)CN1CCN(C=O)CC1.CCc1c(C)c2c(F)c(F)ccc2[nH]c1=O. The van der Waals surface area contributed by atoms with E-state index in [0.717, 1.165) is 45.2 Å². The molecule has 0 aliphatic carbocycles. The zero-order chi connectivity index (χ0) is 23.0. The minimum absolute atomic E-state index is 0.163. The van der Waals surface area contributed by atoms with Gasteiger partial charge in [-0.15, -0.1) is 0 Å². The molecule has 0 saturated carbocycles. The van der Waals surface area contributed by atoms with Crippen molar-refractivity contribution >= 4 is 17.3 Å². The monoisotopic (exact) mass is 429 g/mol. The van der Waals surface area contributed by atoms with Gasteiger partial charge in [-0.2, -0.15) is 0 Å². The first-order valence-electron chi connectivity index (χ1n) is 10.2. The summed E-state index contributed by atoms with van der Waals surface area (Å²) in [5, 5.41) is 0.163. The molecule has 1 amide bonds. The summed E-state index contributed by atoms with van der Waals surface area (Å²) in [6.07, 6.45) is 7.02. The first-order chi connectivity index (χ1) is 14.9. The van der Waals surface area contributed by atoms with Crippen LogP contribution in [0.1, 0.15) is 18.1 Å². The van der Waals surface area contributed by atoms with Gasteiger partial charge in [0.15, 0.2) is 11.6 Å². The van der Waals surface area contributed by atoms with Gasteiger partial charge < -0.3 is 9.88 Å². The van der Waals surface area contributed by atoms with Crippen molar-refractivity contribution in [3.8, 4) is 0 Å². The second-order valence-corrected chi connectivity index (χ2v) is 7.29. The summed E-state index contributed by atoms with van der Waals surface area (Å²) in [7, 11) is 0. The number of benzene rings is 1. The Morgan fingerprint density at radius 3 is 2.42 bits per heavy atom. The van der Waals surface area contributed by atoms with E-state index in [-0.39, 0.29) is 10.9 Å². The van der Waals surface area contributed by atoms with Gasteiger partial charge in [-0.1, -0.05) is 38.3 Å². The van der Waals surface area contributed by atoms with Crippen LogP contribution in [0.25, 0.3) is 10.9 Å². The summed E-state index contributed by atoms with van der Waals surface area (Å²) in [5.41, 5.74) is 2.27. The van der Waals surface area contributed by atoms with Crippen LogP contribution in [-0.4, -0.2) is 53.9 Å². The number of hydrogen-bond acceptors (Lipinski definition) is 3. The predicted molar refractivity (Wildman–Crippen MR) is 121 cm³/mol. The van der Waals surface area contributed by atoms with E-state index in [1.165, 1.54) is 11.6 Å². The molecule has 0 spiro atoms. The maximum atomic E-state index is 13.6. The number of carbonyl (C=O) groups is 1. The van der Waals surface area contributed by atoms with Gasteiger partial charge in [-0.05, 0) is 36.6 Å². The second kappa shape index (κ2) is 11.4. The van der Waals surface area contributed by atoms with Gasteiger partial charge in [0.2, 0.25) is 6.41 Å². The number of hydrogen-bond donors (Lipinski definition) is 1. The van der Waals surface area contributed by atoms with E-state index in [4.69, 9.17) is 0 Å². The molecule has 1 aliphatic rings. The number of piperazine rings is 1. The van der Waals surface area contributed by atoms with E-state index in [1.54, 1.807) is 24.8 Å². The topological polar surface area (TPSA) is 56.4 Å². The molecular weight excluding hydrogens is 400 g/mol. The number of fused-ring (bicyclic) bond motifs is 1. The fourth-order valence-electron chi connectivity index (χ4n) is 3.59. The number of carbonyl (C=O) groups excluding carboxylic acids is 1. The fourth-order valence-corrected chi connectivity index (χ4v) is 3.59. The highest BCUT2D eigenvalue weighted by atomic mass is 19.2. The predicted octanol–water partition coefficient (Wildman–Crippen LogP) is 3.74. The Morgan fingerprint density at radius 1 is 1.19 bits per heavy atom. The highest BCUT2D eigenvalue weighted by Crippen LogP contribution is 2.23. The van der Waals surface area contributed by atoms with Crippen LogP contribution in [0.2, 0.25) is 0 Å². The lowest BCUT2D eigenvalue weighted by Gasteiger charge is -2.32. The highest BCUT2D eigenvalue weighted by molar-refractivity contribution is 5.83. The second-order valence-electron chi connectivity index (χ2n) is 7.29. The van der Waals surface area contributed by atoms with Crippen LogP contribution >= 0.6 is 0 Å². The maximum Gasteiger partial charge on any atom is 0.251 e. The van der Waals surface area contributed by atoms with Crippen molar-refractivity contribution in [2.24, 2.45) is 0 Å². The van der Waals surface area contributed by atoms with Crippen molar-refractivity contribution in [2.75, 3.05) is 32.7 Å². The van der Waals surface area contributed by atoms with Crippen molar-refractivity contribution in [1.82, 2.24) is 14.8 Å². The molecule has 0 radical (unpaired) electrons. The van der Waals surface area contributed by atoms with E-state index >= 15 is 0 Å². The molecule has 1 aliphatic heterocycles. The molecule has 2 heterocycles. The standard InChI is InChI=1S/C12H11F2NO.C12H18N2O/c1-3-7-6(2)10-9(15-12(7)16)5-4-8(13)11(10)14;1-3-5-12(4-2)10-13-6-8-14(11-15)9-7-13/h4-5H,3H2,1-2H3,(H,15,16);3-5,11H,1-2,6-10H2/b;12-5+. The van der Waals surface area contributed by atoms with Crippen LogP contribution in [0.3, 0.4) is 0 Å². The van der Waals surface area contributed by atoms with Crippen LogP contribution in [0.4, 0.5) is 8.78 Å². The molecule has 166 valence electrons. The van der Waals surface area contributed by atoms with Crippen molar-refractivity contribution in [2.45, 2.75) is 20.3 Å². The zero-order valence-corrected chi connectivity index (χ0v) is 18.1. The molecular formula is C24H29F2N3O2. The van der Waals surface area contributed by atoms with Gasteiger partial charge >= 0.3 is 0 Å². The Hall–Kier alpha value is -3.06. The summed E-state index contributed by atoms with van der Waals surface area (Å²) in [4.78, 5) is 28.8. The number of nitrogens with zero attached hydrogens (tertiary/aromatic N) is 2. The van der Waals surface area contributed by atoms with Gasteiger partial charge in [0.1, 0.15) is 0 Å². The van der Waals surface area contributed by atoms with Gasteiger partial charge in [0, 0.05) is 43.7 Å². The lowest BCUT2D eigenvalue weighted by molar-refractivity contribution is -0.119. The first-order valence-corrected chi connectivity index (χ1v) is 10.2. The van der Waals surface area contributed by atoms with Gasteiger partial charge in [0.25, 0.3) is 5.56 Å². The summed E-state index contributed by atoms with van der Waals surface area (Å²) in [6.45, 7) is 15.3. The molecule has 1 fully saturated rings. The molecule has 5 nitrogen and oxygen atoms in total. The molecule has 7 heteroatoms. The summed E-state index contributed by atoms with van der Waals surface area (Å²) in [6, 6.07) is 2.39. The average Bonchev–Trinajstić information content (AvgIpc) is 2.77. The summed E-state index contributed by atoms with van der Waals surface area (Å²) >= 11 is 0. The van der Waals surface area contributed by atoms with Crippen molar-refractivity contribution in [3.63, 3.8) is 0 Å². The zero-order valence-electron chi connectivity index (χ0n) is 18.1. The number of halogens is 2. The van der Waals surface area contributed by atoms with Crippen molar-refractivity contribution in [1.29, 1.82) is 0 Å². The van der Waals surface area contributed by atoms with E-state index in [2.05, 4.69) is 23.0 Å². The lowest BCUT2D eigenvalue weighted by Crippen LogP contribution is -2.46. The molecule has 0 bridgehead atoms. The van der Waals surface area contributed by atoms with Crippen molar-refractivity contribution in [3.05, 3.63) is 82.2 Å².